The van der Waals surface area contributed by atoms with Crippen LogP contribution in [-0.2, 0) is 17.8 Å². The minimum absolute atomic E-state index is 0.0258. The van der Waals surface area contributed by atoms with Gasteiger partial charge in [0.1, 0.15) is 18.4 Å². The molecule has 0 amide bonds. The van der Waals surface area contributed by atoms with E-state index in [1.807, 2.05) is 16.4 Å². The molecule has 33 heavy (non-hydrogen) atoms. The number of nitrogens with zero attached hydrogens (tertiary/aromatic N) is 3. The van der Waals surface area contributed by atoms with Crippen molar-refractivity contribution in [3.63, 3.8) is 0 Å². The van der Waals surface area contributed by atoms with E-state index in [1.54, 1.807) is 25.6 Å². The first kappa shape index (κ1) is 25.4. The molecule has 1 aliphatic rings. The van der Waals surface area contributed by atoms with Crippen LogP contribution >= 0.6 is 11.8 Å². The smallest absolute Gasteiger partial charge is 0.406 e. The summed E-state index contributed by atoms with van der Waals surface area (Å²) in [4.78, 5) is 9.48. The third-order valence-electron chi connectivity index (χ3n) is 6.26. The first-order valence-corrected chi connectivity index (χ1v) is 12.3. The Morgan fingerprint density at radius 3 is 2.64 bits per heavy atom. The quantitative estimate of drug-likeness (QED) is 0.432. The van der Waals surface area contributed by atoms with Crippen molar-refractivity contribution in [3.05, 3.63) is 53.8 Å². The molecule has 10 heteroatoms. The Labute approximate surface area is 196 Å². The number of allylic oxidation sites excluding steroid dienone is 2. The Morgan fingerprint density at radius 1 is 1.27 bits per heavy atom. The second-order valence-electron chi connectivity index (χ2n) is 8.57. The molecule has 0 radical (unpaired) electrons. The van der Waals surface area contributed by atoms with Gasteiger partial charge in [-0.05, 0) is 73.3 Å². The number of nitrogens with one attached hydrogen (secondary N) is 1. The minimum atomic E-state index is -4.68. The van der Waals surface area contributed by atoms with Gasteiger partial charge in [-0.15, -0.1) is 13.2 Å². The molecule has 0 aliphatic heterocycles. The van der Waals surface area contributed by atoms with Crippen molar-refractivity contribution in [2.75, 3.05) is 19.1 Å². The van der Waals surface area contributed by atoms with Crippen molar-refractivity contribution in [2.24, 2.45) is 11.3 Å². The van der Waals surface area contributed by atoms with E-state index >= 15 is 0 Å². The van der Waals surface area contributed by atoms with E-state index in [0.717, 1.165) is 49.1 Å². The van der Waals surface area contributed by atoms with Gasteiger partial charge in [0.05, 0.1) is 13.7 Å². The highest BCUT2D eigenvalue weighted by Gasteiger charge is 2.38. The van der Waals surface area contributed by atoms with Crippen LogP contribution in [0.2, 0.25) is 0 Å². The third kappa shape index (κ3) is 7.14. The molecule has 1 aliphatic carbocycles. The Bertz CT molecular complexity index is 903. The number of aryl methyl sites for hydroxylation is 1. The van der Waals surface area contributed by atoms with Crippen molar-refractivity contribution in [3.8, 4) is 5.75 Å². The lowest BCUT2D eigenvalue weighted by atomic mass is 9.68. The van der Waals surface area contributed by atoms with Gasteiger partial charge in [-0.1, -0.05) is 19.1 Å². The van der Waals surface area contributed by atoms with Crippen LogP contribution in [0.4, 0.5) is 13.2 Å². The normalized spacial score (nSPS) is 21.3. The molecule has 2 atom stereocenters. The van der Waals surface area contributed by atoms with Gasteiger partial charge in [-0.3, -0.25) is 10.3 Å². The number of benzene rings is 1. The van der Waals surface area contributed by atoms with Gasteiger partial charge in [0.15, 0.2) is 0 Å². The largest absolute Gasteiger partial charge is 0.573 e. The maximum atomic E-state index is 12.4. The first-order chi connectivity index (χ1) is 15.7. The Hall–Kier alpha value is -2.20. The summed E-state index contributed by atoms with van der Waals surface area (Å²) in [5, 5.41) is 4.30. The van der Waals surface area contributed by atoms with Crippen molar-refractivity contribution in [1.29, 1.82) is 0 Å². The molecule has 182 valence electrons. The average molecular weight is 485 g/mol. The molecule has 3 rings (SSSR count). The zero-order valence-corrected chi connectivity index (χ0v) is 20.0. The lowest BCUT2D eigenvalue weighted by molar-refractivity contribution is -0.274. The highest BCUT2D eigenvalue weighted by molar-refractivity contribution is 7.98. The molecular weight excluding hydrogens is 453 g/mol. The summed E-state index contributed by atoms with van der Waals surface area (Å²) in [7, 11) is 1.63. The zero-order valence-electron chi connectivity index (χ0n) is 19.2. The number of thioether (sulfide) groups is 1. The van der Waals surface area contributed by atoms with Gasteiger partial charge in [0, 0.05) is 11.1 Å². The van der Waals surface area contributed by atoms with Crippen molar-refractivity contribution < 1.29 is 22.7 Å². The summed E-state index contributed by atoms with van der Waals surface area (Å²) < 4.78 is 43.0. The van der Waals surface area contributed by atoms with E-state index in [1.165, 1.54) is 24.0 Å². The molecule has 0 unspecified atom stereocenters. The number of hydroxylamine groups is 1. The van der Waals surface area contributed by atoms with Gasteiger partial charge >= 0.3 is 6.36 Å². The lowest BCUT2D eigenvalue weighted by Crippen LogP contribution is -2.37. The summed E-state index contributed by atoms with van der Waals surface area (Å²) >= 11 is 1.83. The first-order valence-electron chi connectivity index (χ1n) is 10.9. The maximum Gasteiger partial charge on any atom is 0.573 e. The molecular formula is C23H31F3N4O2S. The van der Waals surface area contributed by atoms with Crippen LogP contribution in [-0.4, -0.2) is 40.2 Å². The zero-order chi connectivity index (χ0) is 23.9. The van der Waals surface area contributed by atoms with Crippen LogP contribution in [0.25, 0.3) is 0 Å². The van der Waals surface area contributed by atoms with E-state index in [-0.39, 0.29) is 11.2 Å². The monoisotopic (exact) mass is 484 g/mol. The summed E-state index contributed by atoms with van der Waals surface area (Å²) in [6.45, 7) is 2.89. The fourth-order valence-corrected chi connectivity index (χ4v) is 5.12. The SMILES string of the molecule is CONC1=C(Cn2cncn2)[C@H](CCc2ccc(OC(F)(F)F)cc2)CC[C@@]1(C)CCSC. The Balaban J connectivity index is 1.80. The molecule has 1 heterocycles. The van der Waals surface area contributed by atoms with Gasteiger partial charge in [-0.25, -0.2) is 9.67 Å². The minimum Gasteiger partial charge on any atom is -0.406 e. The molecule has 1 aromatic carbocycles. The number of alkyl halides is 3. The summed E-state index contributed by atoms with van der Waals surface area (Å²) in [5.41, 5.74) is 6.49. The lowest BCUT2D eigenvalue weighted by Gasteiger charge is -2.41. The summed E-state index contributed by atoms with van der Waals surface area (Å²) in [6.07, 6.45) is 5.38. The number of rotatable bonds is 11. The molecule has 0 fully saturated rings. The molecule has 1 aromatic heterocycles. The van der Waals surface area contributed by atoms with Crippen LogP contribution < -0.4 is 10.2 Å². The summed E-state index contributed by atoms with van der Waals surface area (Å²) in [5.74, 6) is 1.14. The number of aromatic nitrogens is 3. The topological polar surface area (TPSA) is 61.2 Å². The predicted octanol–water partition coefficient (Wildman–Crippen LogP) is 5.38. The van der Waals surface area contributed by atoms with Crippen LogP contribution in [0.15, 0.2) is 48.2 Å². The van der Waals surface area contributed by atoms with Gasteiger partial charge in [0.25, 0.3) is 0 Å². The van der Waals surface area contributed by atoms with E-state index in [9.17, 15) is 13.2 Å². The van der Waals surface area contributed by atoms with Gasteiger partial charge in [-0.2, -0.15) is 16.9 Å². The van der Waals surface area contributed by atoms with Crippen LogP contribution in [0, 0.1) is 11.3 Å². The van der Waals surface area contributed by atoms with Crippen molar-refractivity contribution in [1.82, 2.24) is 20.2 Å². The Kier molecular flexibility index (Phi) is 8.69. The molecule has 0 spiro atoms. The van der Waals surface area contributed by atoms with E-state index in [2.05, 4.69) is 33.5 Å². The summed E-state index contributed by atoms with van der Waals surface area (Å²) in [6, 6.07) is 6.13. The second kappa shape index (κ2) is 11.3. The molecule has 2 aromatic rings. The molecule has 1 N–H and O–H groups in total. The standard InChI is InChI=1S/C23H31F3N4O2S/c1-22(12-13-33-3)11-10-18(20(21(22)29-31-2)14-30-16-27-15-28-30)7-4-17-5-8-19(9-6-17)32-23(24,25)26/h5-6,8-9,15-16,18,29H,4,7,10-14H2,1-3H3/t18-,22+/m1/s1. The van der Waals surface area contributed by atoms with Crippen molar-refractivity contribution >= 4 is 11.8 Å². The number of ether oxygens (including phenoxy) is 1. The number of hydrogen-bond acceptors (Lipinski definition) is 6. The van der Waals surface area contributed by atoms with Crippen LogP contribution in [0.1, 0.15) is 38.2 Å². The van der Waals surface area contributed by atoms with E-state index < -0.39 is 6.36 Å². The number of hydrogen-bond donors (Lipinski definition) is 1. The molecule has 0 saturated carbocycles. The molecule has 0 saturated heterocycles. The predicted molar refractivity (Wildman–Crippen MR) is 122 cm³/mol. The van der Waals surface area contributed by atoms with Crippen LogP contribution in [0.3, 0.4) is 0 Å². The highest BCUT2D eigenvalue weighted by Crippen LogP contribution is 2.46. The van der Waals surface area contributed by atoms with E-state index in [0.29, 0.717) is 12.5 Å². The number of halogens is 3. The van der Waals surface area contributed by atoms with Crippen LogP contribution in [0.5, 0.6) is 5.75 Å². The fourth-order valence-electron chi connectivity index (χ4n) is 4.47. The fraction of sp³-hybridized carbons (Fsp3) is 0.565. The second-order valence-corrected chi connectivity index (χ2v) is 9.55. The van der Waals surface area contributed by atoms with E-state index in [4.69, 9.17) is 4.84 Å². The van der Waals surface area contributed by atoms with Gasteiger partial charge in [0.2, 0.25) is 0 Å². The maximum absolute atomic E-state index is 12.4. The average Bonchev–Trinajstić information content (AvgIpc) is 3.28. The van der Waals surface area contributed by atoms with Crippen molar-refractivity contribution in [2.45, 2.75) is 51.9 Å². The molecule has 0 bridgehead atoms. The molecule has 6 nitrogen and oxygen atoms in total. The highest BCUT2D eigenvalue weighted by atomic mass is 32.2. The van der Waals surface area contributed by atoms with Gasteiger partial charge < -0.3 is 4.74 Å². The third-order valence-corrected chi connectivity index (χ3v) is 6.87. The Morgan fingerprint density at radius 2 is 2.03 bits per heavy atom.